The molecule has 0 aromatic carbocycles. The van der Waals surface area contributed by atoms with Crippen LogP contribution in [0.1, 0.15) is 88.0 Å². The summed E-state index contributed by atoms with van der Waals surface area (Å²) in [6.07, 6.45) is 4.76. The fraction of sp³-hybridized carbons (Fsp3) is 1.00. The van der Waals surface area contributed by atoms with E-state index in [0.717, 1.165) is 6.42 Å². The molecular weight excluding hydrogens is 304 g/mol. The Kier molecular flexibility index (Phi) is 11.4. The lowest BCUT2D eigenvalue weighted by Crippen LogP contribution is -2.24. The minimum atomic E-state index is -0.251. The standard InChI is InChI=1S/C20H42O4/c1-10-11-18(17(3)15-22-24-20(7,8)9)13-12-16(2)14-21-23-19(4,5)6/h16-18H,10-15H2,1-9H3. The van der Waals surface area contributed by atoms with Crippen LogP contribution in [-0.2, 0) is 19.6 Å². The molecule has 0 rings (SSSR count). The molecule has 0 N–H and O–H groups in total. The Morgan fingerprint density at radius 3 is 1.67 bits per heavy atom. The van der Waals surface area contributed by atoms with Gasteiger partial charge in [-0.15, -0.1) is 0 Å². The summed E-state index contributed by atoms with van der Waals surface area (Å²) in [5.74, 6) is 1.64. The van der Waals surface area contributed by atoms with E-state index < -0.39 is 0 Å². The second-order valence-corrected chi connectivity index (χ2v) is 9.17. The van der Waals surface area contributed by atoms with Gasteiger partial charge in [0.15, 0.2) is 0 Å². The Hall–Kier alpha value is -0.160. The van der Waals surface area contributed by atoms with E-state index in [1.807, 2.05) is 41.5 Å². The molecule has 0 aliphatic rings. The minimum absolute atomic E-state index is 0.247. The maximum absolute atomic E-state index is 5.45. The fourth-order valence-corrected chi connectivity index (χ4v) is 2.45. The average molecular weight is 347 g/mol. The first-order chi connectivity index (χ1) is 10.9. The predicted octanol–water partition coefficient (Wildman–Crippen LogP) is 5.95. The Labute approximate surface area is 150 Å². The molecule has 146 valence electrons. The van der Waals surface area contributed by atoms with Crippen molar-refractivity contribution in [3.05, 3.63) is 0 Å². The zero-order chi connectivity index (χ0) is 18.8. The van der Waals surface area contributed by atoms with Gasteiger partial charge in [0, 0.05) is 0 Å². The predicted molar refractivity (Wildman–Crippen MR) is 99.5 cm³/mol. The van der Waals surface area contributed by atoms with Crippen molar-refractivity contribution < 1.29 is 19.6 Å². The summed E-state index contributed by atoms with van der Waals surface area (Å²) in [6, 6.07) is 0. The summed E-state index contributed by atoms with van der Waals surface area (Å²) < 4.78 is 0. The highest BCUT2D eigenvalue weighted by Crippen LogP contribution is 2.26. The zero-order valence-corrected chi connectivity index (χ0v) is 17.6. The summed E-state index contributed by atoms with van der Waals surface area (Å²) in [5, 5.41) is 0. The SMILES string of the molecule is CCCC(CCC(C)COOC(C)(C)C)C(C)COOC(C)(C)C. The highest BCUT2D eigenvalue weighted by molar-refractivity contribution is 4.68. The van der Waals surface area contributed by atoms with Gasteiger partial charge in [-0.1, -0.05) is 33.6 Å². The van der Waals surface area contributed by atoms with Crippen molar-refractivity contribution in [1.82, 2.24) is 0 Å². The van der Waals surface area contributed by atoms with E-state index in [1.165, 1.54) is 19.3 Å². The van der Waals surface area contributed by atoms with E-state index in [4.69, 9.17) is 19.6 Å². The maximum atomic E-state index is 5.45. The third-order valence-electron chi connectivity index (χ3n) is 3.80. The van der Waals surface area contributed by atoms with Crippen LogP contribution in [0.3, 0.4) is 0 Å². The van der Waals surface area contributed by atoms with Crippen LogP contribution in [0.5, 0.6) is 0 Å². The van der Waals surface area contributed by atoms with Gasteiger partial charge in [0.25, 0.3) is 0 Å². The Bertz CT molecular complexity index is 304. The molecule has 0 heterocycles. The van der Waals surface area contributed by atoms with Crippen LogP contribution >= 0.6 is 0 Å². The Morgan fingerprint density at radius 1 is 0.708 bits per heavy atom. The molecule has 0 saturated heterocycles. The first-order valence-corrected chi connectivity index (χ1v) is 9.56. The second kappa shape index (κ2) is 11.5. The third-order valence-corrected chi connectivity index (χ3v) is 3.80. The highest BCUT2D eigenvalue weighted by atomic mass is 17.2. The lowest BCUT2D eigenvalue weighted by molar-refractivity contribution is -0.355. The van der Waals surface area contributed by atoms with Crippen molar-refractivity contribution in [2.24, 2.45) is 17.8 Å². The molecule has 3 atom stereocenters. The molecule has 24 heavy (non-hydrogen) atoms. The van der Waals surface area contributed by atoms with Crippen molar-refractivity contribution in [2.45, 2.75) is 99.2 Å². The van der Waals surface area contributed by atoms with Gasteiger partial charge in [0.05, 0.1) is 24.4 Å². The van der Waals surface area contributed by atoms with Gasteiger partial charge in [0.1, 0.15) is 0 Å². The molecule has 0 aliphatic heterocycles. The first-order valence-electron chi connectivity index (χ1n) is 9.56. The molecule has 3 unspecified atom stereocenters. The summed E-state index contributed by atoms with van der Waals surface area (Å²) in [5.41, 5.74) is -0.498. The van der Waals surface area contributed by atoms with Crippen LogP contribution in [0.2, 0.25) is 0 Å². The van der Waals surface area contributed by atoms with Gasteiger partial charge >= 0.3 is 0 Å². The number of hydrogen-bond donors (Lipinski definition) is 0. The summed E-state index contributed by atoms with van der Waals surface area (Å²) >= 11 is 0. The third kappa shape index (κ3) is 14.2. The molecule has 4 heteroatoms. The molecule has 0 spiro atoms. The molecule has 0 amide bonds. The molecule has 0 bridgehead atoms. The molecule has 0 aromatic rings. The summed E-state index contributed by atoms with van der Waals surface area (Å²) in [6.45, 7) is 20.0. The number of hydrogen-bond acceptors (Lipinski definition) is 4. The fourth-order valence-electron chi connectivity index (χ4n) is 2.45. The molecule has 0 aliphatic carbocycles. The molecule has 4 nitrogen and oxygen atoms in total. The largest absolute Gasteiger partial charge is 0.236 e. The molecule has 0 saturated carbocycles. The van der Waals surface area contributed by atoms with Crippen LogP contribution in [-0.4, -0.2) is 24.4 Å². The lowest BCUT2D eigenvalue weighted by atomic mass is 9.85. The van der Waals surface area contributed by atoms with Crippen molar-refractivity contribution in [1.29, 1.82) is 0 Å². The van der Waals surface area contributed by atoms with Crippen LogP contribution in [0.25, 0.3) is 0 Å². The molecular formula is C20H42O4. The quantitative estimate of drug-likeness (QED) is 0.323. The van der Waals surface area contributed by atoms with Crippen molar-refractivity contribution in [2.75, 3.05) is 13.2 Å². The summed E-state index contributed by atoms with van der Waals surface area (Å²) in [7, 11) is 0. The van der Waals surface area contributed by atoms with Crippen LogP contribution in [0.4, 0.5) is 0 Å². The van der Waals surface area contributed by atoms with Gasteiger partial charge in [0.2, 0.25) is 0 Å². The molecule has 0 aromatic heterocycles. The Morgan fingerprint density at radius 2 is 1.21 bits per heavy atom. The van der Waals surface area contributed by atoms with Gasteiger partial charge in [-0.05, 0) is 72.1 Å². The maximum Gasteiger partial charge on any atom is 0.0952 e. The van der Waals surface area contributed by atoms with Gasteiger partial charge in [-0.3, -0.25) is 0 Å². The van der Waals surface area contributed by atoms with Crippen LogP contribution < -0.4 is 0 Å². The van der Waals surface area contributed by atoms with Crippen molar-refractivity contribution in [3.8, 4) is 0 Å². The molecule has 0 radical (unpaired) electrons. The topological polar surface area (TPSA) is 36.9 Å². The van der Waals surface area contributed by atoms with E-state index >= 15 is 0 Å². The number of rotatable bonds is 12. The van der Waals surface area contributed by atoms with Gasteiger partial charge in [-0.25, -0.2) is 19.6 Å². The first kappa shape index (κ1) is 23.8. The lowest BCUT2D eigenvalue weighted by Gasteiger charge is -2.26. The van der Waals surface area contributed by atoms with Gasteiger partial charge in [-0.2, -0.15) is 0 Å². The smallest absolute Gasteiger partial charge is 0.0952 e. The highest BCUT2D eigenvalue weighted by Gasteiger charge is 2.20. The zero-order valence-electron chi connectivity index (χ0n) is 17.6. The van der Waals surface area contributed by atoms with E-state index in [9.17, 15) is 0 Å². The van der Waals surface area contributed by atoms with Crippen molar-refractivity contribution >= 4 is 0 Å². The normalized spacial score (nSPS) is 16.9. The monoisotopic (exact) mass is 346 g/mol. The van der Waals surface area contributed by atoms with Gasteiger partial charge < -0.3 is 0 Å². The minimum Gasteiger partial charge on any atom is -0.236 e. The summed E-state index contributed by atoms with van der Waals surface area (Å²) in [4.78, 5) is 21.6. The van der Waals surface area contributed by atoms with E-state index in [1.54, 1.807) is 0 Å². The molecule has 0 fully saturated rings. The van der Waals surface area contributed by atoms with E-state index in [-0.39, 0.29) is 11.2 Å². The van der Waals surface area contributed by atoms with Crippen molar-refractivity contribution in [3.63, 3.8) is 0 Å². The Balaban J connectivity index is 4.13. The second-order valence-electron chi connectivity index (χ2n) is 9.17. The van der Waals surface area contributed by atoms with Crippen LogP contribution in [0.15, 0.2) is 0 Å². The van der Waals surface area contributed by atoms with Crippen LogP contribution in [0, 0.1) is 17.8 Å². The average Bonchev–Trinajstić information content (AvgIpc) is 2.40. The van der Waals surface area contributed by atoms with E-state index in [2.05, 4.69) is 20.8 Å². The van der Waals surface area contributed by atoms with E-state index in [0.29, 0.717) is 31.0 Å².